The quantitative estimate of drug-likeness (QED) is 0.346. The third kappa shape index (κ3) is 8.23. The van der Waals surface area contributed by atoms with Crippen LogP contribution in [-0.2, 0) is 33.3 Å². The van der Waals surface area contributed by atoms with Gasteiger partial charge in [0.15, 0.2) is 11.9 Å². The van der Waals surface area contributed by atoms with Crippen molar-refractivity contribution in [2.24, 2.45) is 17.6 Å². The Morgan fingerprint density at radius 3 is 2.35 bits per heavy atom. The van der Waals surface area contributed by atoms with Gasteiger partial charge in [-0.25, -0.2) is 4.79 Å². The first kappa shape index (κ1) is 32.7. The number of primary amides is 1. The van der Waals surface area contributed by atoms with Crippen molar-refractivity contribution < 1.29 is 43.2 Å². The summed E-state index contributed by atoms with van der Waals surface area (Å²) >= 11 is 0. The second-order valence-electron chi connectivity index (χ2n) is 10.1. The molecule has 40 heavy (non-hydrogen) atoms. The van der Waals surface area contributed by atoms with Crippen LogP contribution in [0.25, 0.3) is 0 Å². The molecule has 2 bridgehead atoms. The maximum Gasteiger partial charge on any atom is 0.405 e. The average molecular weight is 561 g/mol. The average Bonchev–Trinajstić information content (AvgIpc) is 2.90. The number of nitrogens with two attached hydrogens (primary N) is 1. The summed E-state index contributed by atoms with van der Waals surface area (Å²) in [6, 6.07) is 0. The predicted molar refractivity (Wildman–Crippen MR) is 147 cm³/mol. The number of amides is 2. The summed E-state index contributed by atoms with van der Waals surface area (Å²) < 4.78 is 21.7. The molecule has 2 amide bonds. The molecule has 6 atom stereocenters. The Balaban J connectivity index is 2.60. The third-order valence-corrected chi connectivity index (χ3v) is 6.95. The molecule has 1 aliphatic carbocycles. The molecule has 0 unspecified atom stereocenters. The molecule has 0 aromatic rings. The van der Waals surface area contributed by atoms with E-state index in [1.807, 2.05) is 6.92 Å². The molecule has 2 aliphatic rings. The van der Waals surface area contributed by atoms with Crippen LogP contribution in [0.1, 0.15) is 40.5 Å². The number of rotatable bonds is 4. The van der Waals surface area contributed by atoms with Gasteiger partial charge in [-0.3, -0.25) is 14.4 Å². The van der Waals surface area contributed by atoms with Gasteiger partial charge in [0, 0.05) is 37.4 Å². The highest BCUT2D eigenvalue weighted by Crippen LogP contribution is 2.29. The normalized spacial score (nSPS) is 29.3. The van der Waals surface area contributed by atoms with Gasteiger partial charge in [0.1, 0.15) is 6.10 Å². The summed E-state index contributed by atoms with van der Waals surface area (Å²) in [6.45, 7) is 6.92. The minimum absolute atomic E-state index is 0.0801. The molecule has 4 N–H and O–H groups in total. The fourth-order valence-corrected chi connectivity index (χ4v) is 4.78. The first-order valence-electron chi connectivity index (χ1n) is 13.0. The van der Waals surface area contributed by atoms with E-state index in [2.05, 4.69) is 5.32 Å². The SMILES string of the molecule is COC1=C2C[C@H](C)C[C@H](OC)[C@H](O)[C@H](C)C=C(C)[C@@H](OC(N)=O)[C@H](OC)C=CC=C(C)C(=O)NC(=CC1=O)C2=O. The van der Waals surface area contributed by atoms with Crippen LogP contribution >= 0.6 is 0 Å². The van der Waals surface area contributed by atoms with Crippen molar-refractivity contribution in [3.63, 3.8) is 0 Å². The summed E-state index contributed by atoms with van der Waals surface area (Å²) in [7, 11) is 4.21. The molecule has 0 aromatic heterocycles. The van der Waals surface area contributed by atoms with Crippen LogP contribution in [0.15, 0.2) is 58.6 Å². The van der Waals surface area contributed by atoms with Crippen LogP contribution in [0.2, 0.25) is 0 Å². The van der Waals surface area contributed by atoms with E-state index < -0.39 is 53.9 Å². The molecule has 0 saturated heterocycles. The molecular formula is C29H40N2O9. The molecule has 0 saturated carbocycles. The molecule has 220 valence electrons. The smallest absolute Gasteiger partial charge is 0.405 e. The van der Waals surface area contributed by atoms with Crippen LogP contribution in [-0.4, -0.2) is 74.4 Å². The zero-order chi connectivity index (χ0) is 30.1. The Morgan fingerprint density at radius 1 is 1.10 bits per heavy atom. The summed E-state index contributed by atoms with van der Waals surface area (Å²) in [5.41, 5.74) is 6.12. The van der Waals surface area contributed by atoms with E-state index in [4.69, 9.17) is 24.7 Å². The minimum Gasteiger partial charge on any atom is -0.492 e. The van der Waals surface area contributed by atoms with Gasteiger partial charge < -0.3 is 35.1 Å². The number of nitrogens with one attached hydrogen (secondary N) is 1. The number of Topliss-reactive ketones (excluding diaryl/α,β-unsaturated/α-hetero) is 1. The van der Waals surface area contributed by atoms with Crippen molar-refractivity contribution in [3.05, 3.63) is 58.6 Å². The van der Waals surface area contributed by atoms with Gasteiger partial charge in [-0.15, -0.1) is 0 Å². The zero-order valence-corrected chi connectivity index (χ0v) is 24.1. The van der Waals surface area contributed by atoms with Crippen LogP contribution in [0.4, 0.5) is 4.79 Å². The molecule has 0 fully saturated rings. The number of aliphatic hydroxyl groups is 1. The molecule has 1 aliphatic heterocycles. The molecular weight excluding hydrogens is 520 g/mol. The van der Waals surface area contributed by atoms with E-state index in [0.717, 1.165) is 6.08 Å². The Labute approximate surface area is 234 Å². The van der Waals surface area contributed by atoms with Crippen LogP contribution in [0.5, 0.6) is 0 Å². The number of aliphatic hydroxyl groups excluding tert-OH is 1. The first-order chi connectivity index (χ1) is 18.8. The van der Waals surface area contributed by atoms with Gasteiger partial charge in [0.25, 0.3) is 5.91 Å². The van der Waals surface area contributed by atoms with Gasteiger partial charge in [-0.2, -0.15) is 0 Å². The Hall–Kier alpha value is -3.54. The molecule has 11 nitrogen and oxygen atoms in total. The number of methoxy groups -OCH3 is 3. The van der Waals surface area contributed by atoms with E-state index in [1.165, 1.54) is 34.3 Å². The lowest BCUT2D eigenvalue weighted by atomic mass is 9.85. The van der Waals surface area contributed by atoms with Crippen molar-refractivity contribution in [1.29, 1.82) is 0 Å². The Bertz CT molecular complexity index is 1150. The first-order valence-corrected chi connectivity index (χ1v) is 13.0. The molecule has 11 heteroatoms. The number of allylic oxidation sites excluding steroid dienone is 4. The number of hydrogen-bond donors (Lipinski definition) is 3. The van der Waals surface area contributed by atoms with Gasteiger partial charge >= 0.3 is 6.09 Å². The lowest BCUT2D eigenvalue weighted by molar-refractivity contribution is -0.120. The number of ether oxygens (including phenoxy) is 4. The number of carbonyl (C=O) groups excluding carboxylic acids is 4. The highest BCUT2D eigenvalue weighted by atomic mass is 16.6. The minimum atomic E-state index is -1.00. The zero-order valence-electron chi connectivity index (χ0n) is 24.1. The maximum absolute atomic E-state index is 13.3. The van der Waals surface area contributed by atoms with E-state index in [0.29, 0.717) is 12.0 Å². The summed E-state index contributed by atoms with van der Waals surface area (Å²) in [6.07, 6.45) is 3.61. The maximum atomic E-state index is 13.3. The van der Waals surface area contributed by atoms with Crippen molar-refractivity contribution >= 4 is 23.6 Å². The van der Waals surface area contributed by atoms with Crippen LogP contribution in [0, 0.1) is 11.8 Å². The molecule has 1 heterocycles. The lowest BCUT2D eigenvalue weighted by Gasteiger charge is -2.29. The summed E-state index contributed by atoms with van der Waals surface area (Å²) in [5, 5.41) is 13.7. The number of carbonyl (C=O) groups is 4. The summed E-state index contributed by atoms with van der Waals surface area (Å²) in [5.74, 6) is -2.39. The van der Waals surface area contributed by atoms with Gasteiger partial charge in [-0.05, 0) is 38.2 Å². The van der Waals surface area contributed by atoms with Gasteiger partial charge in [-0.1, -0.05) is 38.2 Å². The second-order valence-corrected chi connectivity index (χ2v) is 10.1. The highest BCUT2D eigenvalue weighted by Gasteiger charge is 2.34. The summed E-state index contributed by atoms with van der Waals surface area (Å²) in [4.78, 5) is 50.6. The lowest BCUT2D eigenvalue weighted by Crippen LogP contribution is -2.37. The second kappa shape index (κ2) is 14.7. The number of ketones is 2. The molecule has 0 spiro atoms. The van der Waals surface area contributed by atoms with E-state index >= 15 is 0 Å². The Morgan fingerprint density at radius 2 is 1.77 bits per heavy atom. The fourth-order valence-electron chi connectivity index (χ4n) is 4.78. The third-order valence-electron chi connectivity index (χ3n) is 6.95. The number of fused-ring (bicyclic) bond motifs is 2. The van der Waals surface area contributed by atoms with E-state index in [9.17, 15) is 24.3 Å². The molecule has 2 rings (SSSR count). The van der Waals surface area contributed by atoms with Crippen molar-refractivity contribution in [3.8, 4) is 0 Å². The standard InChI is InChI=1S/C29H40N2O9/c1-15-11-19-25(34)20(14-21(32)27(19)39-7)31-28(35)16(2)9-8-10-22(37-5)26(40-29(30)36)18(4)13-17(3)24(33)23(12-15)38-6/h8-10,13-15,17,22-24,26,33H,11-12H2,1-7H3,(H2,30,36)(H,31,35)/t15-,17+,22+,23-,24+,26+/m0/s1. The van der Waals surface area contributed by atoms with Crippen LogP contribution < -0.4 is 11.1 Å². The van der Waals surface area contributed by atoms with Gasteiger partial charge in [0.2, 0.25) is 11.6 Å². The van der Waals surface area contributed by atoms with E-state index in [1.54, 1.807) is 32.1 Å². The largest absolute Gasteiger partial charge is 0.492 e. The van der Waals surface area contributed by atoms with E-state index in [-0.39, 0.29) is 34.9 Å². The Kier molecular flexibility index (Phi) is 12.0. The molecule has 0 radical (unpaired) electrons. The highest BCUT2D eigenvalue weighted by molar-refractivity contribution is 6.23. The number of hydrogen-bond acceptors (Lipinski definition) is 9. The van der Waals surface area contributed by atoms with Crippen molar-refractivity contribution in [2.45, 2.75) is 65.0 Å². The predicted octanol–water partition coefficient (Wildman–Crippen LogP) is 2.41. The molecule has 0 aromatic carbocycles. The van der Waals surface area contributed by atoms with Crippen molar-refractivity contribution in [1.82, 2.24) is 5.32 Å². The van der Waals surface area contributed by atoms with Gasteiger partial charge in [0.05, 0.1) is 25.0 Å². The van der Waals surface area contributed by atoms with Crippen molar-refractivity contribution in [2.75, 3.05) is 21.3 Å². The fraction of sp³-hybridized carbons (Fsp3) is 0.517. The monoisotopic (exact) mass is 560 g/mol. The van der Waals surface area contributed by atoms with Crippen LogP contribution in [0.3, 0.4) is 0 Å². The topological polar surface area (TPSA) is 163 Å².